The van der Waals surface area contributed by atoms with Gasteiger partial charge in [-0.25, -0.2) is 8.42 Å². The molecule has 0 spiro atoms. The fraction of sp³-hybridized carbons (Fsp3) is 0.333. The van der Waals surface area contributed by atoms with Crippen LogP contribution in [0.25, 0.3) is 0 Å². The first-order valence-electron chi connectivity index (χ1n) is 8.14. The summed E-state index contributed by atoms with van der Waals surface area (Å²) in [5.74, 6) is 0.205. The second-order valence-corrected chi connectivity index (χ2v) is 8.61. The molecular weight excluding hydrogens is 360 g/mol. The van der Waals surface area contributed by atoms with Crippen LogP contribution < -0.4 is 0 Å². The number of rotatable bonds is 4. The summed E-state index contributed by atoms with van der Waals surface area (Å²) in [6.07, 6.45) is 0. The third-order valence-electron chi connectivity index (χ3n) is 4.44. The second kappa shape index (κ2) is 7.33. The maximum Gasteiger partial charge on any atom is 0.243 e. The molecule has 134 valence electrons. The van der Waals surface area contributed by atoms with E-state index < -0.39 is 10.0 Å². The van der Waals surface area contributed by atoms with Crippen molar-refractivity contribution in [1.82, 2.24) is 9.21 Å². The number of hydrogen-bond donors (Lipinski definition) is 1. The molecule has 25 heavy (non-hydrogen) atoms. The molecule has 1 fully saturated rings. The minimum atomic E-state index is -3.49. The maximum atomic E-state index is 12.8. The maximum absolute atomic E-state index is 12.8. The lowest BCUT2D eigenvalue weighted by Crippen LogP contribution is -2.53. The summed E-state index contributed by atoms with van der Waals surface area (Å²) >= 11 is 6.00. The predicted octanol–water partition coefficient (Wildman–Crippen LogP) is 2.94. The van der Waals surface area contributed by atoms with E-state index in [0.29, 0.717) is 36.1 Å². The summed E-state index contributed by atoms with van der Waals surface area (Å²) in [5.41, 5.74) is 0.749. The van der Waals surface area contributed by atoms with Crippen LogP contribution in [0.1, 0.15) is 12.5 Å². The van der Waals surface area contributed by atoms with Crippen molar-refractivity contribution >= 4 is 21.6 Å². The number of nitrogens with zero attached hydrogens (tertiary/aromatic N) is 2. The third kappa shape index (κ3) is 3.98. The normalized spacial score (nSPS) is 19.8. The van der Waals surface area contributed by atoms with Gasteiger partial charge in [0.25, 0.3) is 0 Å². The number of aromatic hydroxyl groups is 1. The topological polar surface area (TPSA) is 60.9 Å². The van der Waals surface area contributed by atoms with Crippen molar-refractivity contribution in [2.45, 2.75) is 24.4 Å². The summed E-state index contributed by atoms with van der Waals surface area (Å²) in [5, 5.41) is 10.5. The van der Waals surface area contributed by atoms with E-state index in [1.165, 1.54) is 0 Å². The standard InChI is InChI=1S/C18H21ClN2O3S/c1-14-12-20(13-15-11-16(19)7-8-18(15)22)9-10-21(14)25(23,24)17-5-3-2-4-6-17/h2-8,11,14,22H,9-10,12-13H2,1H3/t14-/m1/s1. The highest BCUT2D eigenvalue weighted by molar-refractivity contribution is 7.89. The van der Waals surface area contributed by atoms with Gasteiger partial charge in [-0.2, -0.15) is 4.31 Å². The molecule has 1 aliphatic heterocycles. The zero-order valence-corrected chi connectivity index (χ0v) is 15.5. The molecule has 0 aliphatic carbocycles. The lowest BCUT2D eigenvalue weighted by molar-refractivity contribution is 0.137. The molecule has 1 aliphatic rings. The largest absolute Gasteiger partial charge is 0.508 e. The van der Waals surface area contributed by atoms with Crippen molar-refractivity contribution < 1.29 is 13.5 Å². The van der Waals surface area contributed by atoms with Gasteiger partial charge in [-0.3, -0.25) is 4.90 Å². The summed E-state index contributed by atoms with van der Waals surface area (Å²) in [6, 6.07) is 13.3. The quantitative estimate of drug-likeness (QED) is 0.885. The van der Waals surface area contributed by atoms with E-state index >= 15 is 0 Å². The molecule has 2 aromatic rings. The summed E-state index contributed by atoms with van der Waals surface area (Å²) in [7, 11) is -3.49. The Morgan fingerprint density at radius 2 is 1.88 bits per heavy atom. The molecule has 0 bridgehead atoms. The first-order chi connectivity index (χ1) is 11.9. The Hall–Kier alpha value is -1.60. The fourth-order valence-electron chi connectivity index (χ4n) is 3.17. The molecule has 0 radical (unpaired) electrons. The number of phenolic OH excluding ortho intramolecular Hbond substituents is 1. The Morgan fingerprint density at radius 1 is 1.16 bits per heavy atom. The molecule has 5 nitrogen and oxygen atoms in total. The zero-order chi connectivity index (χ0) is 18.0. The van der Waals surface area contributed by atoms with Crippen molar-refractivity contribution in [3.8, 4) is 5.75 Å². The third-order valence-corrected chi connectivity index (χ3v) is 6.70. The SMILES string of the molecule is C[C@@H]1CN(Cc2cc(Cl)ccc2O)CCN1S(=O)(=O)c1ccccc1. The van der Waals surface area contributed by atoms with E-state index in [9.17, 15) is 13.5 Å². The minimum Gasteiger partial charge on any atom is -0.508 e. The van der Waals surface area contributed by atoms with E-state index in [2.05, 4.69) is 4.90 Å². The van der Waals surface area contributed by atoms with E-state index in [0.717, 1.165) is 5.56 Å². The first-order valence-corrected chi connectivity index (χ1v) is 9.96. The summed E-state index contributed by atoms with van der Waals surface area (Å²) in [4.78, 5) is 2.45. The number of sulfonamides is 1. The molecule has 0 amide bonds. The van der Waals surface area contributed by atoms with Crippen LogP contribution in [0, 0.1) is 0 Å². The van der Waals surface area contributed by atoms with Crippen LogP contribution in [-0.4, -0.2) is 48.4 Å². The average molecular weight is 381 g/mol. The Labute approximate surface area is 153 Å². The van der Waals surface area contributed by atoms with Crippen LogP contribution >= 0.6 is 11.6 Å². The summed E-state index contributed by atoms with van der Waals surface area (Å²) in [6.45, 7) is 4.06. The van der Waals surface area contributed by atoms with Gasteiger partial charge in [0, 0.05) is 42.8 Å². The Balaban J connectivity index is 1.72. The highest BCUT2D eigenvalue weighted by Gasteiger charge is 2.33. The number of benzene rings is 2. The fourth-order valence-corrected chi connectivity index (χ4v) is 5.00. The molecule has 1 atom stereocenters. The number of piperazine rings is 1. The van der Waals surface area contributed by atoms with Crippen LogP contribution in [0.15, 0.2) is 53.4 Å². The minimum absolute atomic E-state index is 0.153. The molecule has 0 unspecified atom stereocenters. The zero-order valence-electron chi connectivity index (χ0n) is 14.0. The van der Waals surface area contributed by atoms with Crippen LogP contribution in [0.4, 0.5) is 0 Å². The Kier molecular flexibility index (Phi) is 5.34. The highest BCUT2D eigenvalue weighted by atomic mass is 35.5. The first kappa shape index (κ1) is 18.2. The van der Waals surface area contributed by atoms with Crippen LogP contribution in [0.3, 0.4) is 0 Å². The van der Waals surface area contributed by atoms with Gasteiger partial charge in [-0.15, -0.1) is 0 Å². The lowest BCUT2D eigenvalue weighted by Gasteiger charge is -2.39. The van der Waals surface area contributed by atoms with E-state index in [4.69, 9.17) is 11.6 Å². The molecule has 1 heterocycles. The Bertz CT molecular complexity index is 843. The lowest BCUT2D eigenvalue weighted by atomic mass is 10.1. The van der Waals surface area contributed by atoms with Gasteiger partial charge in [0.05, 0.1) is 4.90 Å². The van der Waals surface area contributed by atoms with Crippen molar-refractivity contribution in [3.05, 3.63) is 59.1 Å². The molecule has 0 saturated carbocycles. The molecule has 1 N–H and O–H groups in total. The van der Waals surface area contributed by atoms with Gasteiger partial charge in [0.15, 0.2) is 0 Å². The van der Waals surface area contributed by atoms with Crippen LogP contribution in [0.2, 0.25) is 5.02 Å². The summed E-state index contributed by atoms with van der Waals surface area (Å²) < 4.78 is 27.2. The van der Waals surface area contributed by atoms with Crippen molar-refractivity contribution in [2.24, 2.45) is 0 Å². The Morgan fingerprint density at radius 3 is 2.56 bits per heavy atom. The molecular formula is C18H21ClN2O3S. The molecule has 7 heteroatoms. The van der Waals surface area contributed by atoms with Gasteiger partial charge in [0.2, 0.25) is 10.0 Å². The van der Waals surface area contributed by atoms with Crippen molar-refractivity contribution in [2.75, 3.05) is 19.6 Å². The van der Waals surface area contributed by atoms with Crippen molar-refractivity contribution in [3.63, 3.8) is 0 Å². The monoisotopic (exact) mass is 380 g/mol. The van der Waals surface area contributed by atoms with Gasteiger partial charge in [0.1, 0.15) is 5.75 Å². The smallest absolute Gasteiger partial charge is 0.243 e. The van der Waals surface area contributed by atoms with Crippen LogP contribution in [0.5, 0.6) is 5.75 Å². The van der Waals surface area contributed by atoms with Gasteiger partial charge in [-0.05, 0) is 37.3 Å². The van der Waals surface area contributed by atoms with E-state index in [1.807, 2.05) is 6.92 Å². The van der Waals surface area contributed by atoms with E-state index in [-0.39, 0.29) is 11.8 Å². The van der Waals surface area contributed by atoms with Gasteiger partial charge >= 0.3 is 0 Å². The second-order valence-electron chi connectivity index (χ2n) is 6.29. The van der Waals surface area contributed by atoms with Crippen molar-refractivity contribution in [1.29, 1.82) is 0 Å². The molecule has 3 rings (SSSR count). The number of hydrogen-bond acceptors (Lipinski definition) is 4. The van der Waals surface area contributed by atoms with Gasteiger partial charge in [-0.1, -0.05) is 29.8 Å². The molecule has 1 saturated heterocycles. The van der Waals surface area contributed by atoms with E-state index in [1.54, 1.807) is 52.8 Å². The number of halogens is 1. The van der Waals surface area contributed by atoms with Gasteiger partial charge < -0.3 is 5.11 Å². The predicted molar refractivity (Wildman–Crippen MR) is 98.2 cm³/mol. The number of phenols is 1. The molecule has 2 aromatic carbocycles. The highest BCUT2D eigenvalue weighted by Crippen LogP contribution is 2.26. The van der Waals surface area contributed by atoms with Crippen LogP contribution in [-0.2, 0) is 16.6 Å². The average Bonchev–Trinajstić information content (AvgIpc) is 2.59. The molecule has 0 aromatic heterocycles.